The molecule has 2 aromatic rings. The van der Waals surface area contributed by atoms with Crippen LogP contribution >= 0.6 is 0 Å². The smallest absolute Gasteiger partial charge is 0.231 e. The van der Waals surface area contributed by atoms with Gasteiger partial charge in [0.25, 0.3) is 0 Å². The van der Waals surface area contributed by atoms with Gasteiger partial charge in [-0.15, -0.1) is 0 Å². The molecule has 1 saturated heterocycles. The Morgan fingerprint density at radius 3 is 3.16 bits per heavy atom. The molecule has 1 aromatic heterocycles. The molecule has 5 heteroatoms. The van der Waals surface area contributed by atoms with Gasteiger partial charge in [-0.1, -0.05) is 0 Å². The molecule has 2 N–H and O–H groups in total. The lowest BCUT2D eigenvalue weighted by atomic mass is 9.98. The number of imidazole rings is 1. The molecule has 0 spiro atoms. The first-order valence-corrected chi connectivity index (χ1v) is 6.67. The average Bonchev–Trinajstić information content (AvgIpc) is 2.94. The standard InChI is InChI=1S/C14H18N4O/c1-18(14(19)10-3-2-6-15-8-10)11-4-5-12-13(7-11)17-9-16-12/h4-5,7,9-10,15H,2-3,6,8H2,1H3,(H,16,17). The Balaban J connectivity index is 1.81. The Bertz CT molecular complexity index is 586. The monoisotopic (exact) mass is 258 g/mol. The average molecular weight is 258 g/mol. The van der Waals surface area contributed by atoms with Crippen molar-refractivity contribution in [2.75, 3.05) is 25.0 Å². The number of aromatic amines is 1. The van der Waals surface area contributed by atoms with Crippen LogP contribution < -0.4 is 10.2 Å². The number of fused-ring (bicyclic) bond motifs is 1. The van der Waals surface area contributed by atoms with Crippen molar-refractivity contribution in [1.82, 2.24) is 15.3 Å². The molecule has 3 rings (SSSR count). The van der Waals surface area contributed by atoms with E-state index in [-0.39, 0.29) is 11.8 Å². The molecule has 1 fully saturated rings. The minimum Gasteiger partial charge on any atom is -0.345 e. The zero-order valence-corrected chi connectivity index (χ0v) is 11.0. The first-order chi connectivity index (χ1) is 9.25. The molecule has 1 amide bonds. The van der Waals surface area contributed by atoms with E-state index in [1.54, 1.807) is 11.2 Å². The van der Waals surface area contributed by atoms with E-state index in [9.17, 15) is 4.79 Å². The summed E-state index contributed by atoms with van der Waals surface area (Å²) >= 11 is 0. The third-order valence-corrected chi connectivity index (χ3v) is 3.77. The number of carbonyl (C=O) groups excluding carboxylic acids is 1. The molecular weight excluding hydrogens is 240 g/mol. The van der Waals surface area contributed by atoms with Crippen LogP contribution in [0.2, 0.25) is 0 Å². The third-order valence-electron chi connectivity index (χ3n) is 3.77. The number of rotatable bonds is 2. The van der Waals surface area contributed by atoms with E-state index in [4.69, 9.17) is 0 Å². The quantitative estimate of drug-likeness (QED) is 0.858. The van der Waals surface area contributed by atoms with Gasteiger partial charge < -0.3 is 15.2 Å². The highest BCUT2D eigenvalue weighted by atomic mass is 16.2. The molecule has 5 nitrogen and oxygen atoms in total. The van der Waals surface area contributed by atoms with Gasteiger partial charge in [0.15, 0.2) is 0 Å². The lowest BCUT2D eigenvalue weighted by Gasteiger charge is -2.27. The molecular formula is C14H18N4O. The number of carbonyl (C=O) groups is 1. The van der Waals surface area contributed by atoms with Crippen LogP contribution in [-0.2, 0) is 4.79 Å². The van der Waals surface area contributed by atoms with E-state index in [0.29, 0.717) is 0 Å². The molecule has 0 saturated carbocycles. The number of hydrogen-bond donors (Lipinski definition) is 2. The number of aromatic nitrogens is 2. The van der Waals surface area contributed by atoms with E-state index in [1.165, 1.54) is 0 Å². The number of benzene rings is 1. The number of nitrogens with zero attached hydrogens (tertiary/aromatic N) is 2. The minimum atomic E-state index is 0.0937. The van der Waals surface area contributed by atoms with Gasteiger partial charge >= 0.3 is 0 Å². The van der Waals surface area contributed by atoms with Crippen molar-refractivity contribution in [3.63, 3.8) is 0 Å². The van der Waals surface area contributed by atoms with Crippen molar-refractivity contribution >= 4 is 22.6 Å². The lowest BCUT2D eigenvalue weighted by Crippen LogP contribution is -2.41. The predicted octanol–water partition coefficient (Wildman–Crippen LogP) is 1.53. The van der Waals surface area contributed by atoms with Gasteiger partial charge in [0.1, 0.15) is 0 Å². The molecule has 1 aromatic carbocycles. The minimum absolute atomic E-state index is 0.0937. The summed E-state index contributed by atoms with van der Waals surface area (Å²) in [6, 6.07) is 5.85. The fraction of sp³-hybridized carbons (Fsp3) is 0.429. The molecule has 1 aliphatic heterocycles. The van der Waals surface area contributed by atoms with E-state index < -0.39 is 0 Å². The van der Waals surface area contributed by atoms with Gasteiger partial charge in [-0.2, -0.15) is 0 Å². The fourth-order valence-corrected chi connectivity index (χ4v) is 2.60. The highest BCUT2D eigenvalue weighted by Gasteiger charge is 2.24. The van der Waals surface area contributed by atoms with Crippen molar-refractivity contribution in [3.8, 4) is 0 Å². The predicted molar refractivity (Wildman–Crippen MR) is 75.1 cm³/mol. The van der Waals surface area contributed by atoms with Crippen molar-refractivity contribution in [1.29, 1.82) is 0 Å². The number of amides is 1. The maximum Gasteiger partial charge on any atom is 0.231 e. The maximum atomic E-state index is 12.4. The van der Waals surface area contributed by atoms with Crippen molar-refractivity contribution in [2.24, 2.45) is 5.92 Å². The maximum absolute atomic E-state index is 12.4. The SMILES string of the molecule is CN(C(=O)C1CCCNC1)c1ccc2nc[nH]c2c1. The summed E-state index contributed by atoms with van der Waals surface area (Å²) in [4.78, 5) is 21.4. The number of nitrogens with one attached hydrogen (secondary N) is 2. The first kappa shape index (κ1) is 12.2. The molecule has 100 valence electrons. The van der Waals surface area contributed by atoms with E-state index in [2.05, 4.69) is 15.3 Å². The van der Waals surface area contributed by atoms with Gasteiger partial charge in [-0.3, -0.25) is 4.79 Å². The van der Waals surface area contributed by atoms with E-state index in [0.717, 1.165) is 42.7 Å². The normalized spacial score (nSPS) is 19.5. The Morgan fingerprint density at radius 1 is 1.47 bits per heavy atom. The van der Waals surface area contributed by atoms with Crippen LogP contribution in [0.15, 0.2) is 24.5 Å². The summed E-state index contributed by atoms with van der Waals surface area (Å²) < 4.78 is 0. The van der Waals surface area contributed by atoms with Gasteiger partial charge in [-0.05, 0) is 37.6 Å². The second-order valence-electron chi connectivity index (χ2n) is 5.04. The highest BCUT2D eigenvalue weighted by Crippen LogP contribution is 2.22. The summed E-state index contributed by atoms with van der Waals surface area (Å²) in [5.41, 5.74) is 2.79. The van der Waals surface area contributed by atoms with Gasteiger partial charge in [0, 0.05) is 19.3 Å². The highest BCUT2D eigenvalue weighted by molar-refractivity contribution is 5.96. The summed E-state index contributed by atoms with van der Waals surface area (Å²) in [5, 5.41) is 3.28. The second-order valence-corrected chi connectivity index (χ2v) is 5.04. The number of hydrogen-bond acceptors (Lipinski definition) is 3. The van der Waals surface area contributed by atoms with Crippen molar-refractivity contribution in [2.45, 2.75) is 12.8 Å². The molecule has 1 aliphatic rings. The molecule has 0 bridgehead atoms. The van der Waals surface area contributed by atoms with Crippen LogP contribution in [0.25, 0.3) is 11.0 Å². The van der Waals surface area contributed by atoms with Gasteiger partial charge in [0.05, 0.1) is 23.3 Å². The zero-order valence-electron chi connectivity index (χ0n) is 11.0. The van der Waals surface area contributed by atoms with Crippen LogP contribution in [0.3, 0.4) is 0 Å². The van der Waals surface area contributed by atoms with Crippen molar-refractivity contribution in [3.05, 3.63) is 24.5 Å². The lowest BCUT2D eigenvalue weighted by molar-refractivity contribution is -0.122. The van der Waals surface area contributed by atoms with Crippen LogP contribution in [0.1, 0.15) is 12.8 Å². The van der Waals surface area contributed by atoms with E-state index >= 15 is 0 Å². The largest absolute Gasteiger partial charge is 0.345 e. The van der Waals surface area contributed by atoms with Crippen LogP contribution in [0.5, 0.6) is 0 Å². The molecule has 0 aliphatic carbocycles. The molecule has 19 heavy (non-hydrogen) atoms. The molecule has 0 radical (unpaired) electrons. The van der Waals surface area contributed by atoms with Crippen LogP contribution in [-0.4, -0.2) is 36.0 Å². The summed E-state index contributed by atoms with van der Waals surface area (Å²) in [7, 11) is 1.84. The Hall–Kier alpha value is -1.88. The second kappa shape index (κ2) is 5.01. The van der Waals surface area contributed by atoms with Crippen molar-refractivity contribution < 1.29 is 4.79 Å². The number of piperidine rings is 1. The van der Waals surface area contributed by atoms with Crippen LogP contribution in [0.4, 0.5) is 5.69 Å². The Labute approximate surface area is 112 Å². The molecule has 1 atom stereocenters. The van der Waals surface area contributed by atoms with Gasteiger partial charge in [0.2, 0.25) is 5.91 Å². The van der Waals surface area contributed by atoms with Crippen LogP contribution in [0, 0.1) is 5.92 Å². The summed E-state index contributed by atoms with van der Waals surface area (Å²) in [5.74, 6) is 0.280. The summed E-state index contributed by atoms with van der Waals surface area (Å²) in [6.45, 7) is 1.81. The Morgan fingerprint density at radius 2 is 2.37 bits per heavy atom. The van der Waals surface area contributed by atoms with Gasteiger partial charge in [-0.25, -0.2) is 4.98 Å². The Kier molecular flexibility index (Phi) is 3.21. The molecule has 2 heterocycles. The number of anilines is 1. The fourth-order valence-electron chi connectivity index (χ4n) is 2.60. The number of H-pyrrole nitrogens is 1. The summed E-state index contributed by atoms with van der Waals surface area (Å²) in [6.07, 6.45) is 3.72. The zero-order chi connectivity index (χ0) is 13.2. The first-order valence-electron chi connectivity index (χ1n) is 6.67. The van der Waals surface area contributed by atoms with E-state index in [1.807, 2.05) is 25.2 Å². The third kappa shape index (κ3) is 2.33. The topological polar surface area (TPSA) is 61.0 Å². The molecule has 1 unspecified atom stereocenters.